The van der Waals surface area contributed by atoms with Crippen molar-refractivity contribution in [3.8, 4) is 0 Å². The molecule has 0 aliphatic heterocycles. The molecular formula is C15H18BrFO4. The van der Waals surface area contributed by atoms with Crippen molar-refractivity contribution >= 4 is 27.9 Å². The number of benzene rings is 1. The van der Waals surface area contributed by atoms with E-state index in [0.29, 0.717) is 5.56 Å². The number of carbonyl (C=O) groups is 2. The van der Waals surface area contributed by atoms with Gasteiger partial charge in [-0.05, 0) is 31.5 Å². The molecule has 0 N–H and O–H groups in total. The van der Waals surface area contributed by atoms with Gasteiger partial charge in [-0.2, -0.15) is 0 Å². The second kappa shape index (κ2) is 8.12. The summed E-state index contributed by atoms with van der Waals surface area (Å²) in [7, 11) is 0. The number of ether oxygens (including phenoxy) is 2. The Morgan fingerprint density at radius 2 is 1.57 bits per heavy atom. The lowest BCUT2D eigenvalue weighted by Crippen LogP contribution is -2.45. The van der Waals surface area contributed by atoms with E-state index in [-0.39, 0.29) is 19.6 Å². The van der Waals surface area contributed by atoms with Crippen molar-refractivity contribution in [1.82, 2.24) is 0 Å². The van der Waals surface area contributed by atoms with Crippen LogP contribution in [0, 0.1) is 5.41 Å². The van der Waals surface area contributed by atoms with Gasteiger partial charge in [0.25, 0.3) is 0 Å². The fourth-order valence-corrected chi connectivity index (χ4v) is 2.14. The van der Waals surface area contributed by atoms with Crippen LogP contribution in [0.5, 0.6) is 0 Å². The van der Waals surface area contributed by atoms with Gasteiger partial charge in [0, 0.05) is 10.9 Å². The first-order valence-corrected chi connectivity index (χ1v) is 7.44. The third kappa shape index (κ3) is 4.27. The number of alkyl halides is 1. The predicted octanol–water partition coefficient (Wildman–Crippen LogP) is 3.07. The zero-order chi connectivity index (χ0) is 15.9. The van der Waals surface area contributed by atoms with Crippen LogP contribution < -0.4 is 0 Å². The molecule has 21 heavy (non-hydrogen) atoms. The largest absolute Gasteiger partial charge is 0.465 e. The monoisotopic (exact) mass is 360 g/mol. The first-order valence-electron chi connectivity index (χ1n) is 6.65. The summed E-state index contributed by atoms with van der Waals surface area (Å²) in [5.74, 6) is -1.79. The second-order valence-corrected chi connectivity index (χ2v) is 5.38. The molecular weight excluding hydrogens is 343 g/mol. The van der Waals surface area contributed by atoms with Gasteiger partial charge in [0.1, 0.15) is 6.67 Å². The van der Waals surface area contributed by atoms with Crippen LogP contribution in [-0.2, 0) is 25.5 Å². The highest BCUT2D eigenvalue weighted by molar-refractivity contribution is 9.10. The Hall–Kier alpha value is -1.43. The zero-order valence-electron chi connectivity index (χ0n) is 12.0. The van der Waals surface area contributed by atoms with E-state index in [2.05, 4.69) is 15.9 Å². The average Bonchev–Trinajstić information content (AvgIpc) is 2.47. The first kappa shape index (κ1) is 17.6. The van der Waals surface area contributed by atoms with Crippen LogP contribution in [0.2, 0.25) is 0 Å². The molecule has 0 aliphatic carbocycles. The Bertz CT molecular complexity index is 469. The van der Waals surface area contributed by atoms with Gasteiger partial charge in [0.15, 0.2) is 5.41 Å². The summed E-state index contributed by atoms with van der Waals surface area (Å²) >= 11 is 3.29. The number of rotatable bonds is 7. The molecule has 1 aromatic rings. The van der Waals surface area contributed by atoms with Crippen LogP contribution in [0.15, 0.2) is 28.7 Å². The number of halogens is 2. The Kier molecular flexibility index (Phi) is 6.81. The molecule has 1 aromatic carbocycles. The molecule has 0 saturated carbocycles. The van der Waals surface area contributed by atoms with Crippen molar-refractivity contribution in [3.63, 3.8) is 0 Å². The highest BCUT2D eigenvalue weighted by atomic mass is 79.9. The molecule has 0 bridgehead atoms. The van der Waals surface area contributed by atoms with Crippen molar-refractivity contribution < 1.29 is 23.5 Å². The van der Waals surface area contributed by atoms with Gasteiger partial charge in [-0.3, -0.25) is 9.59 Å². The number of carbonyl (C=O) groups excluding carboxylic acids is 2. The van der Waals surface area contributed by atoms with Crippen LogP contribution >= 0.6 is 15.9 Å². The molecule has 0 unspecified atom stereocenters. The molecule has 6 heteroatoms. The normalized spacial score (nSPS) is 11.0. The van der Waals surface area contributed by atoms with E-state index in [1.54, 1.807) is 38.1 Å². The van der Waals surface area contributed by atoms with Gasteiger partial charge in [0.2, 0.25) is 0 Å². The summed E-state index contributed by atoms with van der Waals surface area (Å²) in [5, 5.41) is 0. The lowest BCUT2D eigenvalue weighted by molar-refractivity contribution is -0.173. The molecule has 0 radical (unpaired) electrons. The van der Waals surface area contributed by atoms with Gasteiger partial charge in [0.05, 0.1) is 13.2 Å². The number of esters is 2. The smallest absolute Gasteiger partial charge is 0.326 e. The van der Waals surface area contributed by atoms with Crippen molar-refractivity contribution in [2.24, 2.45) is 5.41 Å². The van der Waals surface area contributed by atoms with E-state index in [0.717, 1.165) is 4.47 Å². The summed E-state index contributed by atoms with van der Waals surface area (Å²) in [5.41, 5.74) is -1.29. The maximum atomic E-state index is 13.6. The average molecular weight is 361 g/mol. The molecule has 0 aromatic heterocycles. The molecule has 0 fully saturated rings. The summed E-state index contributed by atoms with van der Waals surface area (Å²) in [6, 6.07) is 6.95. The van der Waals surface area contributed by atoms with Gasteiger partial charge < -0.3 is 9.47 Å². The molecule has 0 saturated heterocycles. The Morgan fingerprint density at radius 3 is 1.95 bits per heavy atom. The molecule has 0 heterocycles. The molecule has 116 valence electrons. The zero-order valence-corrected chi connectivity index (χ0v) is 13.6. The van der Waals surface area contributed by atoms with Crippen LogP contribution in [0.1, 0.15) is 19.4 Å². The SMILES string of the molecule is CCOC(=O)C(CF)(Cc1ccc(Br)cc1)C(=O)OCC. The minimum Gasteiger partial charge on any atom is -0.465 e. The number of hydrogen-bond acceptors (Lipinski definition) is 4. The van der Waals surface area contributed by atoms with Crippen molar-refractivity contribution in [3.05, 3.63) is 34.3 Å². The van der Waals surface area contributed by atoms with E-state index in [1.165, 1.54) is 0 Å². The van der Waals surface area contributed by atoms with Crippen molar-refractivity contribution in [1.29, 1.82) is 0 Å². The lowest BCUT2D eigenvalue weighted by atomic mass is 9.82. The van der Waals surface area contributed by atoms with Crippen LogP contribution in [0.3, 0.4) is 0 Å². The van der Waals surface area contributed by atoms with Gasteiger partial charge in [-0.25, -0.2) is 4.39 Å². The van der Waals surface area contributed by atoms with Crippen LogP contribution in [0.25, 0.3) is 0 Å². The maximum absolute atomic E-state index is 13.6. The molecule has 0 aliphatic rings. The molecule has 0 atom stereocenters. The highest BCUT2D eigenvalue weighted by Crippen LogP contribution is 2.29. The van der Waals surface area contributed by atoms with E-state index in [4.69, 9.17) is 9.47 Å². The van der Waals surface area contributed by atoms with E-state index in [1.807, 2.05) is 0 Å². The topological polar surface area (TPSA) is 52.6 Å². The van der Waals surface area contributed by atoms with E-state index >= 15 is 0 Å². The minimum atomic E-state index is -1.94. The summed E-state index contributed by atoms with van der Waals surface area (Å²) in [4.78, 5) is 24.2. The number of hydrogen-bond donors (Lipinski definition) is 0. The summed E-state index contributed by atoms with van der Waals surface area (Å²) in [6.07, 6.45) is -0.103. The highest BCUT2D eigenvalue weighted by Gasteiger charge is 2.49. The van der Waals surface area contributed by atoms with E-state index in [9.17, 15) is 14.0 Å². The van der Waals surface area contributed by atoms with Gasteiger partial charge in [-0.1, -0.05) is 28.1 Å². The molecule has 0 spiro atoms. The van der Waals surface area contributed by atoms with E-state index < -0.39 is 24.0 Å². The minimum absolute atomic E-state index is 0.0698. The van der Waals surface area contributed by atoms with Crippen molar-refractivity contribution in [2.75, 3.05) is 19.9 Å². The third-order valence-corrected chi connectivity index (χ3v) is 3.51. The fourth-order valence-electron chi connectivity index (χ4n) is 1.87. The first-order chi connectivity index (χ1) is 10.00. The third-order valence-electron chi connectivity index (χ3n) is 2.98. The van der Waals surface area contributed by atoms with Gasteiger partial charge in [-0.15, -0.1) is 0 Å². The Balaban J connectivity index is 3.12. The maximum Gasteiger partial charge on any atom is 0.326 e. The molecule has 1 rings (SSSR count). The van der Waals surface area contributed by atoms with Crippen molar-refractivity contribution in [2.45, 2.75) is 20.3 Å². The Labute approximate surface area is 131 Å². The summed E-state index contributed by atoms with van der Waals surface area (Å²) in [6.45, 7) is 2.18. The molecule has 4 nitrogen and oxygen atoms in total. The van der Waals surface area contributed by atoms with Crippen LogP contribution in [0.4, 0.5) is 4.39 Å². The fraction of sp³-hybridized carbons (Fsp3) is 0.467. The summed E-state index contributed by atoms with van der Waals surface area (Å²) < 4.78 is 24.2. The molecule has 0 amide bonds. The standard InChI is InChI=1S/C15H18BrFO4/c1-3-20-13(18)15(10-17,14(19)21-4-2)9-11-5-7-12(16)8-6-11/h5-8H,3-4,9-10H2,1-2H3. The second-order valence-electron chi connectivity index (χ2n) is 4.46. The van der Waals surface area contributed by atoms with Gasteiger partial charge >= 0.3 is 11.9 Å². The Morgan fingerprint density at radius 1 is 1.10 bits per heavy atom. The lowest BCUT2D eigenvalue weighted by Gasteiger charge is -2.26. The predicted molar refractivity (Wildman–Crippen MR) is 79.5 cm³/mol. The quantitative estimate of drug-likeness (QED) is 0.553. The van der Waals surface area contributed by atoms with Crippen LogP contribution in [-0.4, -0.2) is 31.8 Å².